The van der Waals surface area contributed by atoms with E-state index in [0.717, 1.165) is 12.8 Å². The number of carbonyl (C=O) groups is 3. The van der Waals surface area contributed by atoms with Crippen LogP contribution in [0.5, 0.6) is 0 Å². The minimum absolute atomic E-state index is 0.0231. The van der Waals surface area contributed by atoms with Gasteiger partial charge in [0, 0.05) is 24.7 Å². The SMILES string of the molecule is CC(C)N1CCC(NC(=O)C2CCCCN2C(=O)c2ccccc2)C1=O. The number of nitrogens with one attached hydrogen (secondary N) is 1. The molecular formula is C20H27N3O3. The van der Waals surface area contributed by atoms with Crippen LogP contribution in [0.15, 0.2) is 30.3 Å². The second-order valence-corrected chi connectivity index (χ2v) is 7.35. The van der Waals surface area contributed by atoms with Crippen molar-refractivity contribution in [3.05, 3.63) is 35.9 Å². The largest absolute Gasteiger partial charge is 0.342 e. The molecule has 3 rings (SSSR count). The lowest BCUT2D eigenvalue weighted by Gasteiger charge is -2.35. The van der Waals surface area contributed by atoms with Gasteiger partial charge in [-0.2, -0.15) is 0 Å². The van der Waals surface area contributed by atoms with E-state index in [2.05, 4.69) is 5.32 Å². The highest BCUT2D eigenvalue weighted by atomic mass is 16.2. The summed E-state index contributed by atoms with van der Waals surface area (Å²) in [7, 11) is 0. The first kappa shape index (κ1) is 18.4. The van der Waals surface area contributed by atoms with Crippen LogP contribution in [0.4, 0.5) is 0 Å². The second kappa shape index (κ2) is 7.89. The fraction of sp³-hybridized carbons (Fsp3) is 0.550. The van der Waals surface area contributed by atoms with Gasteiger partial charge in [-0.05, 0) is 51.7 Å². The van der Waals surface area contributed by atoms with E-state index in [-0.39, 0.29) is 23.8 Å². The predicted octanol–water partition coefficient (Wildman–Crippen LogP) is 1.81. The minimum Gasteiger partial charge on any atom is -0.342 e. The summed E-state index contributed by atoms with van der Waals surface area (Å²) >= 11 is 0. The molecule has 2 saturated heterocycles. The van der Waals surface area contributed by atoms with Crippen LogP contribution in [0, 0.1) is 0 Å². The first-order valence-corrected chi connectivity index (χ1v) is 9.46. The van der Waals surface area contributed by atoms with Gasteiger partial charge >= 0.3 is 0 Å². The van der Waals surface area contributed by atoms with Gasteiger partial charge in [-0.3, -0.25) is 14.4 Å². The van der Waals surface area contributed by atoms with E-state index in [1.165, 1.54) is 0 Å². The molecule has 2 atom stereocenters. The van der Waals surface area contributed by atoms with Gasteiger partial charge in [0.1, 0.15) is 12.1 Å². The smallest absolute Gasteiger partial charge is 0.254 e. The van der Waals surface area contributed by atoms with Crippen molar-refractivity contribution in [2.75, 3.05) is 13.1 Å². The van der Waals surface area contributed by atoms with Crippen molar-refractivity contribution in [2.24, 2.45) is 0 Å². The number of hydrogen-bond acceptors (Lipinski definition) is 3. The quantitative estimate of drug-likeness (QED) is 0.893. The summed E-state index contributed by atoms with van der Waals surface area (Å²) in [4.78, 5) is 41.6. The van der Waals surface area contributed by atoms with Crippen LogP contribution in [0.2, 0.25) is 0 Å². The first-order chi connectivity index (χ1) is 12.5. The van der Waals surface area contributed by atoms with Gasteiger partial charge in [-0.1, -0.05) is 18.2 Å². The zero-order chi connectivity index (χ0) is 18.7. The Morgan fingerprint density at radius 3 is 2.46 bits per heavy atom. The number of piperidine rings is 1. The molecule has 0 spiro atoms. The van der Waals surface area contributed by atoms with Crippen LogP contribution in [0.3, 0.4) is 0 Å². The molecule has 140 valence electrons. The molecular weight excluding hydrogens is 330 g/mol. The molecule has 1 aromatic rings. The topological polar surface area (TPSA) is 69.7 Å². The van der Waals surface area contributed by atoms with E-state index in [1.807, 2.05) is 32.0 Å². The molecule has 6 nitrogen and oxygen atoms in total. The fourth-order valence-corrected chi connectivity index (χ4v) is 3.81. The fourth-order valence-electron chi connectivity index (χ4n) is 3.81. The molecule has 2 aliphatic rings. The lowest BCUT2D eigenvalue weighted by atomic mass is 9.99. The van der Waals surface area contributed by atoms with E-state index >= 15 is 0 Å². The molecule has 26 heavy (non-hydrogen) atoms. The zero-order valence-corrected chi connectivity index (χ0v) is 15.5. The minimum atomic E-state index is -0.502. The lowest BCUT2D eigenvalue weighted by Crippen LogP contribution is -2.55. The number of amides is 3. The van der Waals surface area contributed by atoms with Crippen molar-refractivity contribution in [3.63, 3.8) is 0 Å². The molecule has 0 bridgehead atoms. The summed E-state index contributed by atoms with van der Waals surface area (Å²) in [5, 5.41) is 2.90. The average Bonchev–Trinajstić information content (AvgIpc) is 3.02. The van der Waals surface area contributed by atoms with Crippen molar-refractivity contribution in [1.29, 1.82) is 0 Å². The molecule has 0 saturated carbocycles. The molecule has 0 aliphatic carbocycles. The van der Waals surface area contributed by atoms with E-state index in [1.54, 1.807) is 21.9 Å². The number of likely N-dealkylation sites (tertiary alicyclic amines) is 2. The number of nitrogens with zero attached hydrogens (tertiary/aromatic N) is 2. The summed E-state index contributed by atoms with van der Waals surface area (Å²) in [6, 6.07) is 8.21. The van der Waals surface area contributed by atoms with Crippen molar-refractivity contribution in [3.8, 4) is 0 Å². The van der Waals surface area contributed by atoms with E-state index in [0.29, 0.717) is 31.5 Å². The first-order valence-electron chi connectivity index (χ1n) is 9.46. The number of benzene rings is 1. The van der Waals surface area contributed by atoms with Gasteiger partial charge in [-0.15, -0.1) is 0 Å². The van der Waals surface area contributed by atoms with Crippen LogP contribution < -0.4 is 5.32 Å². The van der Waals surface area contributed by atoms with E-state index < -0.39 is 12.1 Å². The normalized spacial score (nSPS) is 23.4. The third-order valence-corrected chi connectivity index (χ3v) is 5.27. The second-order valence-electron chi connectivity index (χ2n) is 7.35. The number of hydrogen-bond donors (Lipinski definition) is 1. The van der Waals surface area contributed by atoms with Crippen molar-refractivity contribution >= 4 is 17.7 Å². The molecule has 0 radical (unpaired) electrons. The summed E-state index contributed by atoms with van der Waals surface area (Å²) in [6.07, 6.45) is 3.07. The maximum Gasteiger partial charge on any atom is 0.254 e. The summed E-state index contributed by atoms with van der Waals surface area (Å²) in [5.41, 5.74) is 0.593. The maximum atomic E-state index is 12.8. The molecule has 2 aliphatic heterocycles. The van der Waals surface area contributed by atoms with E-state index in [4.69, 9.17) is 0 Å². The van der Waals surface area contributed by atoms with Gasteiger partial charge in [0.2, 0.25) is 11.8 Å². The number of rotatable bonds is 4. The molecule has 2 fully saturated rings. The molecule has 0 aromatic heterocycles. The van der Waals surface area contributed by atoms with Crippen LogP contribution in [0.25, 0.3) is 0 Å². The Bertz CT molecular complexity index is 674. The van der Waals surface area contributed by atoms with Gasteiger partial charge < -0.3 is 15.1 Å². The Balaban J connectivity index is 1.69. The van der Waals surface area contributed by atoms with Crippen molar-refractivity contribution in [2.45, 2.75) is 57.7 Å². The highest BCUT2D eigenvalue weighted by Gasteiger charge is 2.38. The van der Waals surface area contributed by atoms with Crippen molar-refractivity contribution < 1.29 is 14.4 Å². The Hall–Kier alpha value is -2.37. The van der Waals surface area contributed by atoms with Gasteiger partial charge in [-0.25, -0.2) is 0 Å². The monoisotopic (exact) mass is 357 g/mol. The molecule has 3 amide bonds. The summed E-state index contributed by atoms with van der Waals surface area (Å²) < 4.78 is 0. The van der Waals surface area contributed by atoms with Gasteiger partial charge in [0.25, 0.3) is 5.91 Å². The number of carbonyl (C=O) groups excluding carboxylic acids is 3. The summed E-state index contributed by atoms with van der Waals surface area (Å²) in [5.74, 6) is -0.352. The van der Waals surface area contributed by atoms with Crippen LogP contribution in [-0.2, 0) is 9.59 Å². The predicted molar refractivity (Wildman–Crippen MR) is 98.5 cm³/mol. The molecule has 2 heterocycles. The lowest BCUT2D eigenvalue weighted by molar-refractivity contribution is -0.135. The molecule has 2 unspecified atom stereocenters. The third kappa shape index (κ3) is 3.74. The zero-order valence-electron chi connectivity index (χ0n) is 15.5. The molecule has 6 heteroatoms. The third-order valence-electron chi connectivity index (χ3n) is 5.27. The molecule has 1 N–H and O–H groups in total. The maximum absolute atomic E-state index is 12.8. The summed E-state index contributed by atoms with van der Waals surface area (Å²) in [6.45, 7) is 5.19. The Kier molecular flexibility index (Phi) is 5.59. The van der Waals surface area contributed by atoms with Gasteiger partial charge in [0.15, 0.2) is 0 Å². The van der Waals surface area contributed by atoms with E-state index in [9.17, 15) is 14.4 Å². The molecule has 1 aromatic carbocycles. The Morgan fingerprint density at radius 2 is 1.81 bits per heavy atom. The standard InChI is InChI=1S/C20H27N3O3/c1-14(2)22-13-11-16(20(22)26)21-18(24)17-10-6-7-12-23(17)19(25)15-8-4-3-5-9-15/h3-5,8-9,14,16-17H,6-7,10-13H2,1-2H3,(H,21,24). The average molecular weight is 357 g/mol. The van der Waals surface area contributed by atoms with Crippen molar-refractivity contribution in [1.82, 2.24) is 15.1 Å². The van der Waals surface area contributed by atoms with Crippen LogP contribution >= 0.6 is 0 Å². The van der Waals surface area contributed by atoms with Crippen LogP contribution in [-0.4, -0.2) is 58.7 Å². The van der Waals surface area contributed by atoms with Crippen LogP contribution in [0.1, 0.15) is 49.9 Å². The van der Waals surface area contributed by atoms with Gasteiger partial charge in [0.05, 0.1) is 0 Å². The highest BCUT2D eigenvalue weighted by Crippen LogP contribution is 2.21. The Morgan fingerprint density at radius 1 is 1.08 bits per heavy atom. The Labute approximate surface area is 154 Å². The highest BCUT2D eigenvalue weighted by molar-refractivity contribution is 5.98.